The number of ether oxygens (including phenoxy) is 1. The maximum atomic E-state index is 12.7. The summed E-state index contributed by atoms with van der Waals surface area (Å²) in [4.78, 5) is 36.5. The van der Waals surface area contributed by atoms with Crippen molar-refractivity contribution in [3.63, 3.8) is 0 Å². The predicted octanol–water partition coefficient (Wildman–Crippen LogP) is 3.67. The molecule has 3 N–H and O–H groups in total. The lowest BCUT2D eigenvalue weighted by Crippen LogP contribution is -2.59. The Hall–Kier alpha value is -3.35. The third-order valence-corrected chi connectivity index (χ3v) is 6.35. The second-order valence-corrected chi connectivity index (χ2v) is 9.18. The Balaban J connectivity index is 1.40. The average Bonchev–Trinajstić information content (AvgIpc) is 3.04. The first-order valence-corrected chi connectivity index (χ1v) is 10.9. The number of alkyl carbamates (subject to hydrolysis) is 1. The number of hydrogen-bond acceptors (Lipinski definition) is 4. The van der Waals surface area contributed by atoms with E-state index in [1.807, 2.05) is 55.5 Å². The minimum Gasteiger partial charge on any atom is -0.481 e. The third kappa shape index (κ3) is 4.47. The van der Waals surface area contributed by atoms with Gasteiger partial charge in [-0.2, -0.15) is 0 Å². The van der Waals surface area contributed by atoms with Crippen LogP contribution < -0.4 is 10.6 Å². The maximum Gasteiger partial charge on any atom is 0.407 e. The lowest BCUT2D eigenvalue weighted by Gasteiger charge is -2.44. The summed E-state index contributed by atoms with van der Waals surface area (Å²) in [7, 11) is 0. The first-order chi connectivity index (χ1) is 15.3. The molecule has 2 aromatic carbocycles. The van der Waals surface area contributed by atoms with Crippen molar-refractivity contribution in [2.75, 3.05) is 6.61 Å². The van der Waals surface area contributed by atoms with Gasteiger partial charge in [0.15, 0.2) is 0 Å². The van der Waals surface area contributed by atoms with E-state index in [2.05, 4.69) is 17.6 Å². The molecule has 168 valence electrons. The number of rotatable bonds is 7. The molecule has 2 aromatic rings. The smallest absolute Gasteiger partial charge is 0.407 e. The number of benzene rings is 2. The summed E-state index contributed by atoms with van der Waals surface area (Å²) in [6.07, 6.45) is 0.328. The number of carbonyl (C=O) groups excluding carboxylic acids is 2. The van der Waals surface area contributed by atoms with E-state index in [0.717, 1.165) is 35.1 Å². The Bertz CT molecular complexity index is 999. The SMILES string of the molecule is CC1CC(C)(NC(=O)C(CC(=O)O)NC(=O)OCC2c3ccccc3-c3ccccc32)C1. The molecule has 2 aliphatic rings. The highest BCUT2D eigenvalue weighted by Gasteiger charge is 2.40. The van der Waals surface area contributed by atoms with Gasteiger partial charge in [0.25, 0.3) is 0 Å². The second-order valence-electron chi connectivity index (χ2n) is 9.18. The molecule has 1 saturated carbocycles. The molecule has 0 spiro atoms. The maximum absolute atomic E-state index is 12.7. The highest BCUT2D eigenvalue weighted by molar-refractivity contribution is 5.89. The Labute approximate surface area is 187 Å². The second kappa shape index (κ2) is 8.65. The number of amides is 2. The van der Waals surface area contributed by atoms with E-state index in [9.17, 15) is 19.5 Å². The van der Waals surface area contributed by atoms with Crippen molar-refractivity contribution >= 4 is 18.0 Å². The molecule has 32 heavy (non-hydrogen) atoms. The number of hydrogen-bond donors (Lipinski definition) is 3. The minimum atomic E-state index is -1.20. The lowest BCUT2D eigenvalue weighted by atomic mass is 9.70. The molecular formula is C25H28N2O5. The van der Waals surface area contributed by atoms with Crippen molar-refractivity contribution < 1.29 is 24.2 Å². The number of fused-ring (bicyclic) bond motifs is 3. The van der Waals surface area contributed by atoms with Crippen molar-refractivity contribution in [3.05, 3.63) is 59.7 Å². The standard InChI is InChI=1S/C25H28N2O5/c1-15-12-25(2,13-15)27-23(30)21(11-22(28)29)26-24(31)32-14-20-18-9-5-3-7-16(18)17-8-4-6-10-19(17)20/h3-10,15,20-21H,11-14H2,1-2H3,(H,26,31)(H,27,30)(H,28,29). The fourth-order valence-corrected chi connectivity index (χ4v) is 5.13. The zero-order valence-corrected chi connectivity index (χ0v) is 18.3. The Morgan fingerprint density at radius 3 is 2.16 bits per heavy atom. The van der Waals surface area contributed by atoms with Crippen molar-refractivity contribution in [1.29, 1.82) is 0 Å². The molecule has 0 heterocycles. The summed E-state index contributed by atoms with van der Waals surface area (Å²) < 4.78 is 5.47. The molecule has 7 heteroatoms. The number of carboxylic acid groups (broad SMARTS) is 1. The van der Waals surface area contributed by atoms with Crippen molar-refractivity contribution in [1.82, 2.24) is 10.6 Å². The van der Waals surface area contributed by atoms with Gasteiger partial charge in [0.1, 0.15) is 12.6 Å². The Morgan fingerprint density at radius 1 is 1.06 bits per heavy atom. The zero-order valence-electron chi connectivity index (χ0n) is 18.3. The van der Waals surface area contributed by atoms with Crippen LogP contribution in [-0.4, -0.2) is 41.3 Å². The van der Waals surface area contributed by atoms with Crippen LogP contribution in [0.5, 0.6) is 0 Å². The predicted molar refractivity (Wildman–Crippen MR) is 119 cm³/mol. The zero-order chi connectivity index (χ0) is 22.9. The third-order valence-electron chi connectivity index (χ3n) is 6.35. The molecule has 1 fully saturated rings. The number of carbonyl (C=O) groups is 3. The number of nitrogens with one attached hydrogen (secondary N) is 2. The molecule has 0 bridgehead atoms. The van der Waals surface area contributed by atoms with Gasteiger partial charge >= 0.3 is 12.1 Å². The molecule has 4 rings (SSSR count). The molecule has 1 unspecified atom stereocenters. The lowest BCUT2D eigenvalue weighted by molar-refractivity contribution is -0.140. The molecule has 0 aromatic heterocycles. The van der Waals surface area contributed by atoms with Crippen molar-refractivity contribution in [2.45, 2.75) is 50.6 Å². The van der Waals surface area contributed by atoms with Gasteiger partial charge in [-0.25, -0.2) is 4.79 Å². The van der Waals surface area contributed by atoms with Crippen LogP contribution in [0.3, 0.4) is 0 Å². The summed E-state index contributed by atoms with van der Waals surface area (Å²) >= 11 is 0. The van der Waals surface area contributed by atoms with Crippen LogP contribution in [-0.2, 0) is 14.3 Å². The topological polar surface area (TPSA) is 105 Å². The fraction of sp³-hybridized carbons (Fsp3) is 0.400. The summed E-state index contributed by atoms with van der Waals surface area (Å²) in [6.45, 7) is 4.12. The van der Waals surface area contributed by atoms with Gasteiger partial charge in [-0.15, -0.1) is 0 Å². The van der Waals surface area contributed by atoms with Gasteiger partial charge in [0.05, 0.1) is 6.42 Å². The molecule has 0 saturated heterocycles. The van der Waals surface area contributed by atoms with E-state index in [1.54, 1.807) is 0 Å². The van der Waals surface area contributed by atoms with E-state index in [-0.39, 0.29) is 18.1 Å². The van der Waals surface area contributed by atoms with Gasteiger partial charge in [0.2, 0.25) is 5.91 Å². The number of carboxylic acids is 1. The van der Waals surface area contributed by atoms with Crippen LogP contribution >= 0.6 is 0 Å². The molecular weight excluding hydrogens is 408 g/mol. The Morgan fingerprint density at radius 2 is 1.62 bits per heavy atom. The van der Waals surface area contributed by atoms with Crippen LogP contribution in [0.15, 0.2) is 48.5 Å². The minimum absolute atomic E-state index is 0.0938. The first kappa shape index (κ1) is 21.9. The van der Waals surface area contributed by atoms with Crippen molar-refractivity contribution in [2.24, 2.45) is 5.92 Å². The number of aliphatic carboxylic acids is 1. The van der Waals surface area contributed by atoms with Gasteiger partial charge in [-0.3, -0.25) is 9.59 Å². The van der Waals surface area contributed by atoms with Crippen LogP contribution in [0, 0.1) is 5.92 Å². The summed E-state index contributed by atoms with van der Waals surface area (Å²) in [5.41, 5.74) is 4.02. The Kier molecular flexibility index (Phi) is 5.91. The van der Waals surface area contributed by atoms with Gasteiger partial charge < -0.3 is 20.5 Å². The van der Waals surface area contributed by atoms with Gasteiger partial charge in [-0.1, -0.05) is 55.5 Å². The van der Waals surface area contributed by atoms with E-state index < -0.39 is 30.4 Å². The highest BCUT2D eigenvalue weighted by Crippen LogP contribution is 2.44. The summed E-state index contributed by atoms with van der Waals surface area (Å²) in [5, 5.41) is 14.5. The fourth-order valence-electron chi connectivity index (χ4n) is 5.13. The summed E-state index contributed by atoms with van der Waals surface area (Å²) in [6, 6.07) is 14.8. The van der Waals surface area contributed by atoms with E-state index in [4.69, 9.17) is 4.74 Å². The molecule has 0 radical (unpaired) electrons. The van der Waals surface area contributed by atoms with Crippen LogP contribution in [0.4, 0.5) is 4.79 Å². The normalized spacial score (nSPS) is 22.1. The van der Waals surface area contributed by atoms with E-state index in [0.29, 0.717) is 5.92 Å². The first-order valence-electron chi connectivity index (χ1n) is 10.9. The van der Waals surface area contributed by atoms with Crippen molar-refractivity contribution in [3.8, 4) is 11.1 Å². The monoisotopic (exact) mass is 436 g/mol. The summed E-state index contributed by atoms with van der Waals surface area (Å²) in [5.74, 6) is -1.28. The molecule has 0 aliphatic heterocycles. The molecule has 2 amide bonds. The molecule has 7 nitrogen and oxygen atoms in total. The van der Waals surface area contributed by atoms with E-state index in [1.165, 1.54) is 0 Å². The quantitative estimate of drug-likeness (QED) is 0.614. The molecule has 2 aliphatic carbocycles. The molecule has 1 atom stereocenters. The van der Waals surface area contributed by atoms with Crippen LogP contribution in [0.2, 0.25) is 0 Å². The highest BCUT2D eigenvalue weighted by atomic mass is 16.5. The van der Waals surface area contributed by atoms with Gasteiger partial charge in [0, 0.05) is 11.5 Å². The van der Waals surface area contributed by atoms with Crippen LogP contribution in [0.1, 0.15) is 50.2 Å². The van der Waals surface area contributed by atoms with Gasteiger partial charge in [-0.05, 0) is 47.9 Å². The average molecular weight is 437 g/mol. The largest absolute Gasteiger partial charge is 0.481 e. The van der Waals surface area contributed by atoms with E-state index >= 15 is 0 Å². The van der Waals surface area contributed by atoms with Crippen LogP contribution in [0.25, 0.3) is 11.1 Å².